The number of aliphatic hydroxyl groups is 1. The lowest BCUT2D eigenvalue weighted by Crippen LogP contribution is -2.54. The summed E-state index contributed by atoms with van der Waals surface area (Å²) in [6.07, 6.45) is 5.31. The smallest absolute Gasteiger partial charge is 0.407 e. The number of likely N-dealkylation sites (tertiary alicyclic amines) is 2. The summed E-state index contributed by atoms with van der Waals surface area (Å²) in [4.78, 5) is 62.5. The highest BCUT2D eigenvalue weighted by Gasteiger charge is 2.41. The van der Waals surface area contributed by atoms with Crippen molar-refractivity contribution in [3.63, 3.8) is 0 Å². The number of fused-ring (bicyclic) bond motifs is 5. The number of amides is 3. The molecule has 4 aliphatic heterocycles. The van der Waals surface area contributed by atoms with Crippen LogP contribution in [0, 0.1) is 17.7 Å². The molecule has 3 amide bonds. The Hall–Kier alpha value is -6.12. The quantitative estimate of drug-likeness (QED) is 0.0657. The van der Waals surface area contributed by atoms with Gasteiger partial charge in [-0.3, -0.25) is 19.5 Å². The molecule has 10 rings (SSSR count). The first-order chi connectivity index (χ1) is 34.3. The fraction of sp³-hybridized carbons (Fsp3) is 0.481. The molecule has 19 heteroatoms. The maximum Gasteiger partial charge on any atom is 0.407 e. The van der Waals surface area contributed by atoms with Crippen molar-refractivity contribution in [1.29, 1.82) is 0 Å². The summed E-state index contributed by atoms with van der Waals surface area (Å²) in [6.45, 7) is 10.3. The third-order valence-electron chi connectivity index (χ3n) is 14.5. The number of hydrogen-bond donors (Lipinski definition) is 5. The summed E-state index contributed by atoms with van der Waals surface area (Å²) in [5, 5.41) is 17.0. The van der Waals surface area contributed by atoms with Gasteiger partial charge in [0.05, 0.1) is 70.7 Å². The van der Waals surface area contributed by atoms with E-state index < -0.39 is 36.6 Å². The number of H-pyrrole nitrogens is 2. The number of halogens is 1. The van der Waals surface area contributed by atoms with E-state index in [1.54, 1.807) is 28.6 Å². The number of alkyl carbamates (subject to hydrolysis) is 1. The van der Waals surface area contributed by atoms with Gasteiger partial charge >= 0.3 is 6.09 Å². The number of aliphatic hydroxyl groups excluding tert-OH is 1. The van der Waals surface area contributed by atoms with Crippen molar-refractivity contribution in [1.82, 2.24) is 44.9 Å². The van der Waals surface area contributed by atoms with E-state index in [0.717, 1.165) is 46.3 Å². The summed E-state index contributed by atoms with van der Waals surface area (Å²) in [5.74, 6) is 1.00. The van der Waals surface area contributed by atoms with Crippen LogP contribution in [-0.2, 0) is 23.8 Å². The van der Waals surface area contributed by atoms with Gasteiger partial charge in [0.15, 0.2) is 0 Å². The minimum absolute atomic E-state index is 0.0138. The Kier molecular flexibility index (Phi) is 13.8. The molecule has 3 fully saturated rings. The molecule has 4 aromatic heterocycles. The molecule has 6 atom stereocenters. The third-order valence-corrected chi connectivity index (χ3v) is 16.0. The number of aromatic amines is 2. The fourth-order valence-electron chi connectivity index (χ4n) is 10.8. The maximum absolute atomic E-state index is 17.0. The fourth-order valence-corrected chi connectivity index (χ4v) is 11.8. The van der Waals surface area contributed by atoms with Gasteiger partial charge in [0, 0.05) is 54.8 Å². The van der Waals surface area contributed by atoms with Gasteiger partial charge in [-0.25, -0.2) is 19.2 Å². The standard InChI is InChI=1S/C52H62FN9O8S/c1-27(2)41-13-14-42(71-41)50-62-36-12-11-30(34-25-54-46(56-34)38-10-8-18-61(38)49(64)45(59-52(66)68-6)29-15-19-69-20-16-29)21-32(36)23-39(62)43-33(53)22-31(24-40(43)70-50)35-26-55-47(57-35)37-9-7-17-60(37)48(63)44(28(3)4)58-51(65)67-5/h11-14,21-29,37-38,44-45,50,52,59,66H,7-10,15-20H2,1-6H3,(H,54,56)(H,55,57)(H,58,65)/t37-,38-,44-,45-,50-,52?/m0/s1. The van der Waals surface area contributed by atoms with Crippen LogP contribution in [0.4, 0.5) is 9.18 Å². The van der Waals surface area contributed by atoms with Gasteiger partial charge in [-0.1, -0.05) is 33.8 Å². The van der Waals surface area contributed by atoms with Crippen LogP contribution in [0.2, 0.25) is 0 Å². The van der Waals surface area contributed by atoms with Gasteiger partial charge in [0.25, 0.3) is 0 Å². The number of methoxy groups -OCH3 is 2. The Balaban J connectivity index is 0.954. The normalized spacial score (nSPS) is 20.6. The van der Waals surface area contributed by atoms with E-state index in [9.17, 15) is 19.5 Å². The second-order valence-corrected chi connectivity index (χ2v) is 20.8. The van der Waals surface area contributed by atoms with E-state index in [1.165, 1.54) is 25.2 Å². The zero-order valence-electron chi connectivity index (χ0n) is 40.9. The molecular weight excluding hydrogens is 930 g/mol. The van der Waals surface area contributed by atoms with Crippen LogP contribution in [0.1, 0.15) is 112 Å². The second kappa shape index (κ2) is 20.2. The Morgan fingerprint density at radius 2 is 1.54 bits per heavy atom. The van der Waals surface area contributed by atoms with Crippen molar-refractivity contribution < 1.29 is 42.8 Å². The van der Waals surface area contributed by atoms with Gasteiger partial charge in [-0.2, -0.15) is 0 Å². The molecule has 0 bridgehead atoms. The molecule has 4 aliphatic rings. The highest BCUT2D eigenvalue weighted by Crippen LogP contribution is 2.49. The predicted molar refractivity (Wildman–Crippen MR) is 265 cm³/mol. The van der Waals surface area contributed by atoms with Crippen LogP contribution >= 0.6 is 11.3 Å². The van der Waals surface area contributed by atoms with E-state index in [1.807, 2.05) is 43.0 Å². The first-order valence-electron chi connectivity index (χ1n) is 24.7. The SMILES string of the molecule is COC(=O)N[C@H](C(=O)N1CCC[C@H]1c1ncc(-c2cc(F)c3c(c2)O[C@@H](c2ccc(C(C)C)s2)n2c-3cc3cc(-c4cnc([C@@H]5CCCN5C(=O)[C@@H](NC(O)OC)C5CCOCC5)[nH]4)ccc32)[nH]1)C(C)C. The number of aromatic nitrogens is 5. The summed E-state index contributed by atoms with van der Waals surface area (Å²) >= 11 is 1.67. The average Bonchev–Trinajstić information content (AvgIpc) is 4.24. The number of hydrogen-bond acceptors (Lipinski definition) is 12. The molecule has 8 heterocycles. The summed E-state index contributed by atoms with van der Waals surface area (Å²) in [6, 6.07) is 13.7. The number of nitrogens with one attached hydrogen (secondary N) is 4. The molecule has 2 aromatic carbocycles. The van der Waals surface area contributed by atoms with Gasteiger partial charge in [0.1, 0.15) is 29.3 Å². The van der Waals surface area contributed by atoms with E-state index in [4.69, 9.17) is 28.9 Å². The molecule has 376 valence electrons. The van der Waals surface area contributed by atoms with E-state index in [0.29, 0.717) is 91.4 Å². The first kappa shape index (κ1) is 48.5. The lowest BCUT2D eigenvalue weighted by atomic mass is 9.90. The highest BCUT2D eigenvalue weighted by atomic mass is 32.1. The molecule has 71 heavy (non-hydrogen) atoms. The lowest BCUT2D eigenvalue weighted by Gasteiger charge is -2.35. The Bertz CT molecular complexity index is 2920. The highest BCUT2D eigenvalue weighted by molar-refractivity contribution is 7.12. The van der Waals surface area contributed by atoms with Crippen LogP contribution < -0.4 is 15.4 Å². The van der Waals surface area contributed by atoms with Crippen molar-refractivity contribution >= 4 is 40.1 Å². The van der Waals surface area contributed by atoms with Crippen molar-refractivity contribution in [2.45, 2.75) is 109 Å². The molecule has 3 saturated heterocycles. The van der Waals surface area contributed by atoms with E-state index in [2.05, 4.69) is 57.2 Å². The molecule has 0 saturated carbocycles. The second-order valence-electron chi connectivity index (χ2n) is 19.7. The maximum atomic E-state index is 17.0. The van der Waals surface area contributed by atoms with Crippen LogP contribution in [0.3, 0.4) is 0 Å². The molecule has 5 N–H and O–H groups in total. The van der Waals surface area contributed by atoms with Crippen molar-refractivity contribution in [2.24, 2.45) is 11.8 Å². The zero-order valence-corrected chi connectivity index (χ0v) is 41.7. The van der Waals surface area contributed by atoms with Crippen LogP contribution in [0.15, 0.2) is 60.9 Å². The Morgan fingerprint density at radius 3 is 2.17 bits per heavy atom. The van der Waals surface area contributed by atoms with Gasteiger partial charge < -0.3 is 49.1 Å². The summed E-state index contributed by atoms with van der Waals surface area (Å²) in [7, 11) is 2.67. The van der Waals surface area contributed by atoms with Crippen LogP contribution in [-0.4, -0.2) is 116 Å². The monoisotopic (exact) mass is 991 g/mol. The molecule has 0 radical (unpaired) electrons. The number of benzene rings is 2. The van der Waals surface area contributed by atoms with Crippen molar-refractivity contribution in [2.75, 3.05) is 40.5 Å². The molecule has 17 nitrogen and oxygen atoms in total. The lowest BCUT2D eigenvalue weighted by molar-refractivity contribution is -0.147. The van der Waals surface area contributed by atoms with E-state index in [-0.39, 0.29) is 35.7 Å². The average molecular weight is 992 g/mol. The number of rotatable bonds is 14. The van der Waals surface area contributed by atoms with Crippen molar-refractivity contribution in [3.05, 3.63) is 88.1 Å². The predicted octanol–water partition coefficient (Wildman–Crippen LogP) is 8.37. The molecule has 1 unspecified atom stereocenters. The molecule has 0 spiro atoms. The minimum atomic E-state index is -1.28. The minimum Gasteiger partial charge on any atom is -0.464 e. The number of carbonyl (C=O) groups excluding carboxylic acids is 3. The third kappa shape index (κ3) is 9.33. The summed E-state index contributed by atoms with van der Waals surface area (Å²) < 4.78 is 41.4. The van der Waals surface area contributed by atoms with Crippen molar-refractivity contribution in [3.8, 4) is 39.5 Å². The Labute approximate surface area is 415 Å². The Morgan fingerprint density at radius 1 is 0.859 bits per heavy atom. The number of nitrogens with zero attached hydrogens (tertiary/aromatic N) is 5. The van der Waals surface area contributed by atoms with Gasteiger partial charge in [-0.05, 0) is 98.7 Å². The number of ether oxygens (including phenoxy) is 4. The van der Waals surface area contributed by atoms with Crippen LogP contribution in [0.5, 0.6) is 5.75 Å². The number of carbonyl (C=O) groups is 3. The molecule has 0 aliphatic carbocycles. The van der Waals surface area contributed by atoms with E-state index >= 15 is 4.39 Å². The first-order valence-corrected chi connectivity index (χ1v) is 25.5. The van der Waals surface area contributed by atoms with Gasteiger partial charge in [0.2, 0.25) is 24.5 Å². The molecular formula is C52H62FN9O8S. The largest absolute Gasteiger partial charge is 0.464 e. The zero-order chi connectivity index (χ0) is 49.7. The summed E-state index contributed by atoms with van der Waals surface area (Å²) in [5.41, 5.74) is 4.67. The molecule has 6 aromatic rings. The van der Waals surface area contributed by atoms with Crippen LogP contribution in [0.25, 0.3) is 44.7 Å². The number of thiophene rings is 1. The van der Waals surface area contributed by atoms with Gasteiger partial charge in [-0.15, -0.1) is 11.3 Å². The number of imidazole rings is 2. The topological polar surface area (TPSA) is 201 Å².